The summed E-state index contributed by atoms with van der Waals surface area (Å²) in [5, 5.41) is 4.27. The Bertz CT molecular complexity index is 1080. The third-order valence-electron chi connectivity index (χ3n) is 7.16. The average molecular weight is 475 g/mol. The zero-order chi connectivity index (χ0) is 23.9. The predicted octanol–water partition coefficient (Wildman–Crippen LogP) is 3.49. The summed E-state index contributed by atoms with van der Waals surface area (Å²) in [6, 6.07) is 3.55. The van der Waals surface area contributed by atoms with Crippen LogP contribution in [0.1, 0.15) is 64.5 Å². The normalized spacial score (nSPS) is 30.6. The van der Waals surface area contributed by atoms with E-state index in [2.05, 4.69) is 10.1 Å². The Morgan fingerprint density at radius 3 is 2.68 bits per heavy atom. The molecule has 34 heavy (non-hydrogen) atoms. The molecule has 4 atom stereocenters. The third kappa shape index (κ3) is 4.02. The molecular formula is C23H30N4O7. The molecule has 184 valence electrons. The van der Waals surface area contributed by atoms with Crippen LogP contribution in [0.5, 0.6) is 0 Å². The van der Waals surface area contributed by atoms with E-state index in [-0.39, 0.29) is 6.61 Å². The molecule has 2 aromatic heterocycles. The van der Waals surface area contributed by atoms with E-state index in [1.807, 2.05) is 6.92 Å². The lowest BCUT2D eigenvalue weighted by Gasteiger charge is -2.31. The first-order chi connectivity index (χ1) is 16.3. The van der Waals surface area contributed by atoms with Crippen molar-refractivity contribution < 1.29 is 33.3 Å². The minimum absolute atomic E-state index is 0.150. The highest BCUT2D eigenvalue weighted by Gasteiger charge is 2.62. The molecule has 2 aromatic rings. The van der Waals surface area contributed by atoms with E-state index in [4.69, 9.17) is 29.4 Å². The highest BCUT2D eigenvalue weighted by molar-refractivity contribution is 5.67. The molecule has 0 radical (unpaired) electrons. The Morgan fingerprint density at radius 2 is 1.91 bits per heavy atom. The highest BCUT2D eigenvalue weighted by atomic mass is 16.8. The summed E-state index contributed by atoms with van der Waals surface area (Å²) >= 11 is 0. The van der Waals surface area contributed by atoms with Gasteiger partial charge in [0, 0.05) is 0 Å². The number of carbonyl (C=O) groups excluding carboxylic acids is 2. The summed E-state index contributed by atoms with van der Waals surface area (Å²) in [6.45, 7) is 3.58. The van der Waals surface area contributed by atoms with Crippen molar-refractivity contribution in [3.05, 3.63) is 24.2 Å². The monoisotopic (exact) mass is 474 g/mol. The Hall–Kier alpha value is -3.08. The molecule has 4 heterocycles. The smallest absolute Gasteiger partial charge is 0.431 e. The zero-order valence-electron chi connectivity index (χ0n) is 19.4. The lowest BCUT2D eigenvalue weighted by molar-refractivity contribution is -0.112. The Balaban J connectivity index is 1.30. The van der Waals surface area contributed by atoms with Crippen molar-refractivity contribution in [1.29, 1.82) is 0 Å². The molecule has 3 fully saturated rings. The number of nitrogen functional groups attached to an aromatic ring is 1. The molecule has 0 aromatic carbocycles. The molecule has 1 aliphatic carbocycles. The number of carbonyl (C=O) groups is 2. The summed E-state index contributed by atoms with van der Waals surface area (Å²) in [4.78, 5) is 28.6. The van der Waals surface area contributed by atoms with Gasteiger partial charge in [0.1, 0.15) is 35.8 Å². The molecule has 0 bridgehead atoms. The van der Waals surface area contributed by atoms with E-state index < -0.39 is 41.8 Å². The summed E-state index contributed by atoms with van der Waals surface area (Å²) in [6.07, 6.45) is 4.68. The number of hydrogen-bond donors (Lipinski definition) is 1. The molecule has 1 saturated carbocycles. The van der Waals surface area contributed by atoms with E-state index in [9.17, 15) is 9.59 Å². The molecule has 11 heteroatoms. The van der Waals surface area contributed by atoms with Gasteiger partial charge in [-0.15, -0.1) is 0 Å². The van der Waals surface area contributed by atoms with Gasteiger partial charge in [0.15, 0.2) is 18.0 Å². The summed E-state index contributed by atoms with van der Waals surface area (Å²) < 4.78 is 29.9. The maximum Gasteiger partial charge on any atom is 0.509 e. The quantitative estimate of drug-likeness (QED) is 0.656. The van der Waals surface area contributed by atoms with Crippen LogP contribution < -0.4 is 5.73 Å². The van der Waals surface area contributed by atoms with Gasteiger partial charge < -0.3 is 29.4 Å². The number of anilines is 1. The van der Waals surface area contributed by atoms with Crippen molar-refractivity contribution in [2.24, 2.45) is 0 Å². The average Bonchev–Trinajstić information content (AvgIpc) is 3.45. The molecule has 2 saturated heterocycles. The van der Waals surface area contributed by atoms with Crippen LogP contribution in [0.15, 0.2) is 18.5 Å². The Labute approximate surface area is 196 Å². The minimum Gasteiger partial charge on any atom is -0.431 e. The van der Waals surface area contributed by atoms with Gasteiger partial charge >= 0.3 is 12.3 Å². The van der Waals surface area contributed by atoms with Crippen LogP contribution in [0.25, 0.3) is 5.52 Å². The molecule has 0 unspecified atom stereocenters. The van der Waals surface area contributed by atoms with Crippen LogP contribution in [0.2, 0.25) is 0 Å². The van der Waals surface area contributed by atoms with Gasteiger partial charge in [-0.1, -0.05) is 19.3 Å². The fourth-order valence-corrected chi connectivity index (χ4v) is 5.32. The van der Waals surface area contributed by atoms with E-state index in [0.29, 0.717) is 17.0 Å². The minimum atomic E-state index is -1.12. The molecule has 2 N–H and O–H groups in total. The standard InChI is InChI=1S/C23H30N4O7/c1-22(10-6-4-3-5-7-11-22)34-20(28)30-12-15-17-18(32-21(29)31-17)23(2,33-15)16-9-8-14-19(24)25-13-26-27(14)16/h8-9,13,15,17-18H,3-7,10-12H2,1-2H3,(H2,24,25,26)/t15-,17-,18-,23+/m1/s1. The van der Waals surface area contributed by atoms with Crippen molar-refractivity contribution in [3.8, 4) is 0 Å². The van der Waals surface area contributed by atoms with Gasteiger partial charge in [-0.3, -0.25) is 0 Å². The van der Waals surface area contributed by atoms with Gasteiger partial charge in [0.25, 0.3) is 0 Å². The van der Waals surface area contributed by atoms with E-state index >= 15 is 0 Å². The van der Waals surface area contributed by atoms with Crippen molar-refractivity contribution in [3.63, 3.8) is 0 Å². The topological polar surface area (TPSA) is 136 Å². The zero-order valence-corrected chi connectivity index (χ0v) is 19.4. The lowest BCUT2D eigenvalue weighted by Crippen LogP contribution is -2.38. The summed E-state index contributed by atoms with van der Waals surface area (Å²) in [5.74, 6) is 0.310. The summed E-state index contributed by atoms with van der Waals surface area (Å²) in [5.41, 5.74) is 5.50. The first kappa shape index (κ1) is 22.7. The number of nitrogens with zero attached hydrogens (tertiary/aromatic N) is 3. The van der Waals surface area contributed by atoms with Gasteiger partial charge in [0.05, 0.1) is 5.69 Å². The second kappa shape index (κ2) is 8.61. The van der Waals surface area contributed by atoms with E-state index in [0.717, 1.165) is 38.5 Å². The maximum atomic E-state index is 12.6. The number of hydrogen-bond acceptors (Lipinski definition) is 10. The Kier molecular flexibility index (Phi) is 5.75. The van der Waals surface area contributed by atoms with Gasteiger partial charge in [-0.2, -0.15) is 5.10 Å². The second-order valence-corrected chi connectivity index (χ2v) is 9.68. The second-order valence-electron chi connectivity index (χ2n) is 9.68. The number of rotatable bonds is 4. The van der Waals surface area contributed by atoms with Crippen LogP contribution in [-0.4, -0.2) is 57.4 Å². The number of nitrogens with two attached hydrogens (primary N) is 1. The molecule has 0 amide bonds. The largest absolute Gasteiger partial charge is 0.509 e. The van der Waals surface area contributed by atoms with E-state index in [1.54, 1.807) is 23.6 Å². The Morgan fingerprint density at radius 1 is 1.18 bits per heavy atom. The molecule has 2 aliphatic heterocycles. The molecule has 11 nitrogen and oxygen atoms in total. The number of ether oxygens (including phenoxy) is 5. The van der Waals surface area contributed by atoms with Crippen molar-refractivity contribution in [2.45, 2.75) is 88.3 Å². The third-order valence-corrected chi connectivity index (χ3v) is 7.16. The molecular weight excluding hydrogens is 444 g/mol. The molecule has 3 aliphatic rings. The van der Waals surface area contributed by atoms with Gasteiger partial charge in [-0.05, 0) is 51.7 Å². The maximum absolute atomic E-state index is 12.6. The van der Waals surface area contributed by atoms with Crippen LogP contribution in [0.3, 0.4) is 0 Å². The predicted molar refractivity (Wildman–Crippen MR) is 118 cm³/mol. The van der Waals surface area contributed by atoms with Crippen LogP contribution in [-0.2, 0) is 29.3 Å². The van der Waals surface area contributed by atoms with Gasteiger partial charge in [0.2, 0.25) is 0 Å². The van der Waals surface area contributed by atoms with Crippen LogP contribution in [0, 0.1) is 0 Å². The first-order valence-corrected chi connectivity index (χ1v) is 11.8. The molecule has 0 spiro atoms. The fourth-order valence-electron chi connectivity index (χ4n) is 5.32. The van der Waals surface area contributed by atoms with Crippen molar-refractivity contribution in [2.75, 3.05) is 12.3 Å². The van der Waals surface area contributed by atoms with E-state index in [1.165, 1.54) is 12.7 Å². The number of aromatic nitrogens is 3. The van der Waals surface area contributed by atoms with Crippen molar-refractivity contribution >= 4 is 23.6 Å². The van der Waals surface area contributed by atoms with Gasteiger partial charge in [-0.25, -0.2) is 19.1 Å². The SMILES string of the molecule is CC1(OC(=O)OC[C@H]2O[C@@](C)(c3ccc4c(N)ncnn34)[C@@H]3OC(=O)O[C@@H]32)CCCCCCC1. The van der Waals surface area contributed by atoms with Crippen LogP contribution in [0.4, 0.5) is 15.4 Å². The summed E-state index contributed by atoms with van der Waals surface area (Å²) in [7, 11) is 0. The highest BCUT2D eigenvalue weighted by Crippen LogP contribution is 2.46. The fraction of sp³-hybridized carbons (Fsp3) is 0.652. The first-order valence-electron chi connectivity index (χ1n) is 11.8. The molecule has 5 rings (SSSR count). The number of fused-ring (bicyclic) bond motifs is 2. The van der Waals surface area contributed by atoms with Crippen LogP contribution >= 0.6 is 0 Å². The van der Waals surface area contributed by atoms with Crippen molar-refractivity contribution in [1.82, 2.24) is 14.6 Å². The lowest BCUT2D eigenvalue weighted by atomic mass is 9.88.